The summed E-state index contributed by atoms with van der Waals surface area (Å²) in [5.41, 5.74) is 0. The van der Waals surface area contributed by atoms with E-state index in [9.17, 15) is 74.4 Å². The van der Waals surface area contributed by atoms with Crippen molar-refractivity contribution in [3.63, 3.8) is 0 Å². The summed E-state index contributed by atoms with van der Waals surface area (Å²) in [4.78, 5) is 0. The van der Waals surface area contributed by atoms with Crippen LogP contribution in [-0.2, 0) is 10.1 Å². The molecule has 6 unspecified atom stereocenters. The summed E-state index contributed by atoms with van der Waals surface area (Å²) in [5.74, 6) is -14.8. The van der Waals surface area contributed by atoms with Crippen LogP contribution < -0.4 is 51.4 Å². The van der Waals surface area contributed by atoms with Crippen LogP contribution in [0.4, 0.5) is 61.5 Å². The van der Waals surface area contributed by atoms with Crippen molar-refractivity contribution in [2.45, 2.75) is 60.6 Å². The van der Waals surface area contributed by atoms with Crippen LogP contribution in [0.15, 0.2) is 0 Å². The summed E-state index contributed by atoms with van der Waals surface area (Å²) < 4.78 is 209. The van der Waals surface area contributed by atoms with Gasteiger partial charge >= 0.3 is 68.5 Å². The van der Waals surface area contributed by atoms with Crippen molar-refractivity contribution >= 4 is 10.1 Å². The van der Waals surface area contributed by atoms with Gasteiger partial charge in [-0.15, -0.1) is 0 Å². The molecule has 19 heteroatoms. The summed E-state index contributed by atoms with van der Waals surface area (Å²) in [6, 6.07) is 0. The normalized spacial score (nSPS) is 20.4. The Morgan fingerprint density at radius 2 is 0.931 bits per heavy atom. The quantitative estimate of drug-likeness (QED) is 0.246. The van der Waals surface area contributed by atoms with E-state index in [1.54, 1.807) is 0 Å². The van der Waals surface area contributed by atoms with Gasteiger partial charge in [0.1, 0.15) is 0 Å². The SMILES string of the molecule is O=S(=O)([O-])C(F)(F)C(F)(F)C(F)(F)C(F)C(F)C(F)C(F)C(F)C(F)C(F)F.[K+]. The Balaban J connectivity index is 0. The van der Waals surface area contributed by atoms with Crippen LogP contribution in [0, 0.1) is 0 Å². The van der Waals surface area contributed by atoms with E-state index < -0.39 is 70.7 Å². The number of hydrogen-bond acceptors (Lipinski definition) is 3. The van der Waals surface area contributed by atoms with Gasteiger partial charge in [0, 0.05) is 0 Å². The van der Waals surface area contributed by atoms with Crippen molar-refractivity contribution in [3.8, 4) is 0 Å². The number of hydrogen-bond donors (Lipinski definition) is 0. The van der Waals surface area contributed by atoms with E-state index in [2.05, 4.69) is 0 Å². The fourth-order valence-electron chi connectivity index (χ4n) is 1.55. The zero-order chi connectivity index (χ0) is 23.0. The van der Waals surface area contributed by atoms with Crippen LogP contribution >= 0.6 is 0 Å². The van der Waals surface area contributed by atoms with E-state index in [1.165, 1.54) is 0 Å². The zero-order valence-corrected chi connectivity index (χ0v) is 17.4. The Kier molecular flexibility index (Phi) is 11.4. The van der Waals surface area contributed by atoms with E-state index in [4.69, 9.17) is 0 Å². The van der Waals surface area contributed by atoms with Crippen LogP contribution in [0.2, 0.25) is 0 Å². The molecule has 0 saturated heterocycles. The van der Waals surface area contributed by atoms with Gasteiger partial charge in [-0.25, -0.2) is 43.5 Å². The molecule has 3 nitrogen and oxygen atoms in total. The Hall–Kier alpha value is 0.566. The fraction of sp³-hybridized carbons (Fsp3) is 1.00. The first-order valence-corrected chi connectivity index (χ1v) is 7.78. The maximum absolute atomic E-state index is 13.2. The molecule has 0 saturated carbocycles. The van der Waals surface area contributed by atoms with Crippen LogP contribution in [0.3, 0.4) is 0 Å². The second-order valence-corrected chi connectivity index (χ2v) is 6.55. The third-order valence-corrected chi connectivity index (χ3v) is 4.07. The van der Waals surface area contributed by atoms with Gasteiger partial charge in [-0.1, -0.05) is 0 Å². The monoisotopic (exact) mass is 512 g/mol. The average molecular weight is 512 g/mol. The molecule has 0 amide bonds. The standard InChI is InChI=1S/C10H8F14O3S.K/c11-1(3(13)5(15)7(17)18)2(12)4(14)6(16)8(19,20)9(21,22)10(23,24)28(25,26)27;/h1-7H,(H,25,26,27);/q;+1/p-1. The summed E-state index contributed by atoms with van der Waals surface area (Å²) in [6.07, 6.45) is -32.7. The van der Waals surface area contributed by atoms with Gasteiger partial charge < -0.3 is 4.55 Å². The minimum atomic E-state index is -7.64. The molecule has 0 N–H and O–H groups in total. The first kappa shape index (κ1) is 31.8. The van der Waals surface area contributed by atoms with Gasteiger partial charge in [-0.05, 0) is 0 Å². The van der Waals surface area contributed by atoms with Gasteiger partial charge in [0.15, 0.2) is 41.0 Å². The van der Waals surface area contributed by atoms with Crippen LogP contribution in [0.5, 0.6) is 0 Å². The van der Waals surface area contributed by atoms with E-state index in [-0.39, 0.29) is 51.4 Å². The molecule has 0 fully saturated rings. The maximum atomic E-state index is 13.2. The summed E-state index contributed by atoms with van der Waals surface area (Å²) in [5, 5.41) is -7.28. The largest absolute Gasteiger partial charge is 1.00 e. The molecule has 0 aromatic heterocycles. The first-order chi connectivity index (χ1) is 12.2. The zero-order valence-electron chi connectivity index (χ0n) is 13.5. The molecule has 0 spiro atoms. The first-order valence-electron chi connectivity index (χ1n) is 6.37. The molecule has 0 rings (SSSR count). The number of rotatable bonds is 10. The fourth-order valence-corrected chi connectivity index (χ4v) is 2.00. The molecule has 170 valence electrons. The molecule has 0 bridgehead atoms. The van der Waals surface area contributed by atoms with E-state index in [0.717, 1.165) is 0 Å². The predicted molar refractivity (Wildman–Crippen MR) is 59.9 cm³/mol. The van der Waals surface area contributed by atoms with E-state index in [0.29, 0.717) is 0 Å². The average Bonchev–Trinajstić information content (AvgIpc) is 2.55. The Morgan fingerprint density at radius 1 is 0.621 bits per heavy atom. The van der Waals surface area contributed by atoms with Crippen molar-refractivity contribution in [1.82, 2.24) is 0 Å². The van der Waals surface area contributed by atoms with Crippen molar-refractivity contribution < 1.29 is 126 Å². The van der Waals surface area contributed by atoms with Gasteiger partial charge in [0.25, 0.3) is 6.43 Å². The van der Waals surface area contributed by atoms with Gasteiger partial charge in [-0.3, -0.25) is 0 Å². The molecule has 0 radical (unpaired) electrons. The summed E-state index contributed by atoms with van der Waals surface area (Å²) in [6.45, 7) is 0. The van der Waals surface area contributed by atoms with Gasteiger partial charge in [0.05, 0.1) is 0 Å². The van der Waals surface area contributed by atoms with Crippen LogP contribution in [0.1, 0.15) is 0 Å². The second kappa shape index (κ2) is 10.5. The Bertz CT molecular complexity index is 631. The molecule has 6 atom stereocenters. The molecule has 0 aromatic rings. The molecule has 29 heavy (non-hydrogen) atoms. The predicted octanol–water partition coefficient (Wildman–Crippen LogP) is 0.693. The van der Waals surface area contributed by atoms with Crippen molar-refractivity contribution in [1.29, 1.82) is 0 Å². The molecule has 0 aliphatic carbocycles. The second-order valence-electron chi connectivity index (χ2n) is 5.13. The number of alkyl halides is 14. The van der Waals surface area contributed by atoms with Crippen molar-refractivity contribution in [2.75, 3.05) is 0 Å². The van der Waals surface area contributed by atoms with Crippen LogP contribution in [0.25, 0.3) is 0 Å². The summed E-state index contributed by atoms with van der Waals surface area (Å²) in [7, 11) is -7.64. The molecule has 0 aromatic carbocycles. The van der Waals surface area contributed by atoms with Crippen LogP contribution in [-0.4, -0.2) is 73.5 Å². The van der Waals surface area contributed by atoms with Crippen molar-refractivity contribution in [2.24, 2.45) is 0 Å². The topological polar surface area (TPSA) is 57.2 Å². The van der Waals surface area contributed by atoms with Gasteiger partial charge in [0.2, 0.25) is 6.17 Å². The molecular formula is C10H7F14KO3S. The Morgan fingerprint density at radius 3 is 1.24 bits per heavy atom. The minimum absolute atomic E-state index is 0. The third-order valence-electron chi connectivity index (χ3n) is 3.18. The molecule has 0 aliphatic heterocycles. The third kappa shape index (κ3) is 6.08. The molecule has 0 heterocycles. The summed E-state index contributed by atoms with van der Waals surface area (Å²) >= 11 is 0. The molecular weight excluding hydrogens is 505 g/mol. The minimum Gasteiger partial charge on any atom is -0.743 e. The van der Waals surface area contributed by atoms with E-state index >= 15 is 0 Å². The number of halogens is 14. The van der Waals surface area contributed by atoms with Crippen molar-refractivity contribution in [3.05, 3.63) is 0 Å². The van der Waals surface area contributed by atoms with E-state index in [1.807, 2.05) is 0 Å². The maximum Gasteiger partial charge on any atom is 1.00 e. The Labute approximate surface area is 195 Å². The smallest absolute Gasteiger partial charge is 0.743 e. The van der Waals surface area contributed by atoms with Gasteiger partial charge in [-0.2, -0.15) is 26.3 Å². The molecule has 0 aliphatic rings.